The number of nitrogens with one attached hydrogen (secondary N) is 1. The van der Waals surface area contributed by atoms with Gasteiger partial charge in [-0.15, -0.1) is 0 Å². The van der Waals surface area contributed by atoms with Crippen molar-refractivity contribution in [1.29, 1.82) is 0 Å². The lowest BCUT2D eigenvalue weighted by molar-refractivity contribution is 0.460. The van der Waals surface area contributed by atoms with E-state index in [2.05, 4.69) is 17.2 Å². The van der Waals surface area contributed by atoms with E-state index in [9.17, 15) is 0 Å². The zero-order chi connectivity index (χ0) is 15.2. The maximum absolute atomic E-state index is 6.13. The molecule has 1 N–H and O–H groups in total. The number of hydrogen-bond donors (Lipinski definition) is 1. The molecule has 0 aliphatic rings. The summed E-state index contributed by atoms with van der Waals surface area (Å²) < 4.78 is 5.68. The Balaban J connectivity index is 2.14. The van der Waals surface area contributed by atoms with Gasteiger partial charge in [-0.1, -0.05) is 41.7 Å². The normalized spacial score (nSPS) is 10.7. The van der Waals surface area contributed by atoms with Crippen LogP contribution in [0, 0.1) is 0 Å². The summed E-state index contributed by atoms with van der Waals surface area (Å²) in [7, 11) is 0. The fourth-order valence-corrected chi connectivity index (χ4v) is 2.32. The standard InChI is InChI=1S/C15H15Cl3N2O/c1-2-7-19-9-13-11(17)4-6-15(20-13)21-14-5-3-10(16)8-12(14)18/h3-6,8,19H,2,7,9H2,1H3. The first-order valence-corrected chi connectivity index (χ1v) is 7.72. The van der Waals surface area contributed by atoms with Gasteiger partial charge in [0, 0.05) is 17.6 Å². The van der Waals surface area contributed by atoms with Crippen LogP contribution in [0.1, 0.15) is 19.0 Å². The zero-order valence-electron chi connectivity index (χ0n) is 11.5. The summed E-state index contributed by atoms with van der Waals surface area (Å²) in [6.07, 6.45) is 1.05. The first kappa shape index (κ1) is 16.4. The van der Waals surface area contributed by atoms with Crippen molar-refractivity contribution in [2.45, 2.75) is 19.9 Å². The van der Waals surface area contributed by atoms with Gasteiger partial charge in [0.15, 0.2) is 0 Å². The van der Waals surface area contributed by atoms with E-state index in [-0.39, 0.29) is 0 Å². The second kappa shape index (κ2) is 7.85. The predicted octanol–water partition coefficient (Wildman–Crippen LogP) is 5.33. The van der Waals surface area contributed by atoms with Crippen LogP contribution in [0.5, 0.6) is 11.6 Å². The molecule has 0 spiro atoms. The van der Waals surface area contributed by atoms with Crippen LogP contribution in [0.2, 0.25) is 15.1 Å². The van der Waals surface area contributed by atoms with Crippen LogP contribution in [-0.4, -0.2) is 11.5 Å². The monoisotopic (exact) mass is 344 g/mol. The van der Waals surface area contributed by atoms with Crippen LogP contribution in [0.15, 0.2) is 30.3 Å². The molecule has 0 saturated carbocycles. The van der Waals surface area contributed by atoms with E-state index >= 15 is 0 Å². The van der Waals surface area contributed by atoms with E-state index in [4.69, 9.17) is 39.5 Å². The molecule has 0 amide bonds. The lowest BCUT2D eigenvalue weighted by Gasteiger charge is -2.10. The number of pyridine rings is 1. The molecule has 0 unspecified atom stereocenters. The Labute approximate surface area is 139 Å². The topological polar surface area (TPSA) is 34.2 Å². The second-order valence-corrected chi connectivity index (χ2v) is 5.68. The molecule has 0 aliphatic carbocycles. The van der Waals surface area contributed by atoms with Crippen molar-refractivity contribution >= 4 is 34.8 Å². The van der Waals surface area contributed by atoms with Crippen LogP contribution in [0.4, 0.5) is 0 Å². The summed E-state index contributed by atoms with van der Waals surface area (Å²) >= 11 is 18.1. The molecule has 1 aromatic heterocycles. The first-order chi connectivity index (χ1) is 10.1. The van der Waals surface area contributed by atoms with Crippen molar-refractivity contribution in [2.24, 2.45) is 0 Å². The van der Waals surface area contributed by atoms with Gasteiger partial charge >= 0.3 is 0 Å². The fraction of sp³-hybridized carbons (Fsp3) is 0.267. The van der Waals surface area contributed by atoms with Gasteiger partial charge < -0.3 is 10.1 Å². The fourth-order valence-electron chi connectivity index (χ4n) is 1.70. The summed E-state index contributed by atoms with van der Waals surface area (Å²) in [5.41, 5.74) is 0.743. The minimum atomic E-state index is 0.435. The summed E-state index contributed by atoms with van der Waals surface area (Å²) in [5, 5.41) is 4.85. The van der Waals surface area contributed by atoms with Crippen molar-refractivity contribution in [1.82, 2.24) is 10.3 Å². The summed E-state index contributed by atoms with van der Waals surface area (Å²) in [4.78, 5) is 4.39. The molecule has 0 atom stereocenters. The van der Waals surface area contributed by atoms with Crippen molar-refractivity contribution in [3.63, 3.8) is 0 Å². The van der Waals surface area contributed by atoms with E-state index in [1.54, 1.807) is 30.3 Å². The number of halogens is 3. The molecular formula is C15H15Cl3N2O. The molecule has 1 heterocycles. The van der Waals surface area contributed by atoms with Crippen LogP contribution in [0.25, 0.3) is 0 Å². The molecule has 0 fully saturated rings. The Bertz CT molecular complexity index is 620. The van der Waals surface area contributed by atoms with Gasteiger partial charge in [0.05, 0.1) is 15.7 Å². The molecule has 2 rings (SSSR count). The van der Waals surface area contributed by atoms with Gasteiger partial charge in [0.1, 0.15) is 5.75 Å². The smallest absolute Gasteiger partial charge is 0.219 e. The third kappa shape index (κ3) is 4.75. The molecular weight excluding hydrogens is 331 g/mol. The average molecular weight is 346 g/mol. The van der Waals surface area contributed by atoms with E-state index in [0.29, 0.717) is 33.2 Å². The van der Waals surface area contributed by atoms with Crippen molar-refractivity contribution in [2.75, 3.05) is 6.54 Å². The molecule has 6 heteroatoms. The van der Waals surface area contributed by atoms with Crippen molar-refractivity contribution in [3.05, 3.63) is 51.1 Å². The highest BCUT2D eigenvalue weighted by atomic mass is 35.5. The van der Waals surface area contributed by atoms with Crippen LogP contribution in [-0.2, 0) is 6.54 Å². The highest BCUT2D eigenvalue weighted by molar-refractivity contribution is 6.35. The van der Waals surface area contributed by atoms with Gasteiger partial charge in [-0.25, -0.2) is 4.98 Å². The molecule has 21 heavy (non-hydrogen) atoms. The molecule has 0 bridgehead atoms. The van der Waals surface area contributed by atoms with Crippen LogP contribution < -0.4 is 10.1 Å². The number of nitrogens with zero attached hydrogens (tertiary/aromatic N) is 1. The lowest BCUT2D eigenvalue weighted by Crippen LogP contribution is -2.15. The number of rotatable bonds is 6. The van der Waals surface area contributed by atoms with Crippen molar-refractivity contribution < 1.29 is 4.74 Å². The highest BCUT2D eigenvalue weighted by Crippen LogP contribution is 2.31. The molecule has 112 valence electrons. The highest BCUT2D eigenvalue weighted by Gasteiger charge is 2.08. The lowest BCUT2D eigenvalue weighted by atomic mass is 10.3. The van der Waals surface area contributed by atoms with Gasteiger partial charge in [0.2, 0.25) is 5.88 Å². The van der Waals surface area contributed by atoms with Crippen molar-refractivity contribution in [3.8, 4) is 11.6 Å². The number of ether oxygens (including phenoxy) is 1. The third-order valence-electron chi connectivity index (χ3n) is 2.72. The molecule has 1 aromatic carbocycles. The van der Waals surface area contributed by atoms with E-state index in [0.717, 1.165) is 18.7 Å². The minimum absolute atomic E-state index is 0.435. The molecule has 0 saturated heterocycles. The van der Waals surface area contributed by atoms with Gasteiger partial charge in [-0.05, 0) is 37.2 Å². The minimum Gasteiger partial charge on any atom is -0.437 e. The second-order valence-electron chi connectivity index (χ2n) is 4.43. The quantitative estimate of drug-likeness (QED) is 0.718. The maximum Gasteiger partial charge on any atom is 0.219 e. The Hall–Kier alpha value is -1.000. The summed E-state index contributed by atoms with van der Waals surface area (Å²) in [5.74, 6) is 0.945. The Morgan fingerprint density at radius 3 is 2.62 bits per heavy atom. The van der Waals surface area contributed by atoms with E-state index in [1.807, 2.05) is 0 Å². The Morgan fingerprint density at radius 1 is 1.10 bits per heavy atom. The predicted molar refractivity (Wildman–Crippen MR) is 87.8 cm³/mol. The Morgan fingerprint density at radius 2 is 1.90 bits per heavy atom. The average Bonchev–Trinajstić information content (AvgIpc) is 2.45. The Kier molecular flexibility index (Phi) is 6.12. The van der Waals surface area contributed by atoms with E-state index in [1.165, 1.54) is 0 Å². The largest absolute Gasteiger partial charge is 0.437 e. The molecule has 2 aromatic rings. The number of aromatic nitrogens is 1. The van der Waals surface area contributed by atoms with Gasteiger partial charge in [-0.3, -0.25) is 0 Å². The summed E-state index contributed by atoms with van der Waals surface area (Å²) in [6.45, 7) is 3.61. The third-order valence-corrected chi connectivity index (χ3v) is 3.60. The first-order valence-electron chi connectivity index (χ1n) is 6.59. The maximum atomic E-state index is 6.13. The number of benzene rings is 1. The molecule has 3 nitrogen and oxygen atoms in total. The van der Waals surface area contributed by atoms with E-state index < -0.39 is 0 Å². The summed E-state index contributed by atoms with van der Waals surface area (Å²) in [6, 6.07) is 8.50. The number of hydrogen-bond acceptors (Lipinski definition) is 3. The molecule has 0 aliphatic heterocycles. The van der Waals surface area contributed by atoms with Crippen LogP contribution in [0.3, 0.4) is 0 Å². The van der Waals surface area contributed by atoms with Gasteiger partial charge in [0.25, 0.3) is 0 Å². The SMILES string of the molecule is CCCNCc1nc(Oc2ccc(Cl)cc2Cl)ccc1Cl. The van der Waals surface area contributed by atoms with Crippen LogP contribution >= 0.6 is 34.8 Å². The molecule has 0 radical (unpaired) electrons. The zero-order valence-corrected chi connectivity index (χ0v) is 13.8. The van der Waals surface area contributed by atoms with Gasteiger partial charge in [-0.2, -0.15) is 0 Å².